The van der Waals surface area contributed by atoms with Crippen LogP contribution in [0.5, 0.6) is 11.6 Å². The first-order valence-corrected chi connectivity index (χ1v) is 8.80. The molecule has 2 N–H and O–H groups in total. The third kappa shape index (κ3) is 5.58. The number of nitrogens with one attached hydrogen (secondary N) is 2. The summed E-state index contributed by atoms with van der Waals surface area (Å²) in [4.78, 5) is 19.3. The number of hydrogen-bond donors (Lipinski definition) is 2. The molecule has 152 valence electrons. The van der Waals surface area contributed by atoms with E-state index in [1.807, 2.05) is 0 Å². The number of aromatic nitrogens is 2. The standard InChI is InChI=1S/C20H14ClF2N5O2/c1-2-18(29)26-14-5-7-15(8-6-14)30-19-16(21)11-24-20(27-19)28-25-10-12-3-4-13(22)9-17(12)23/h2-11H,1H2,(H,26,29)(H,24,27,28)/b25-10+. The Morgan fingerprint density at radius 3 is 2.67 bits per heavy atom. The Kier molecular flexibility index (Phi) is 6.66. The molecule has 2 aromatic carbocycles. The molecule has 10 heteroatoms. The molecular formula is C20H14ClF2N5O2. The van der Waals surface area contributed by atoms with Crippen molar-refractivity contribution >= 4 is 35.4 Å². The van der Waals surface area contributed by atoms with E-state index in [-0.39, 0.29) is 28.3 Å². The zero-order chi connectivity index (χ0) is 21.5. The molecule has 0 atom stereocenters. The van der Waals surface area contributed by atoms with Crippen molar-refractivity contribution in [2.45, 2.75) is 0 Å². The van der Waals surface area contributed by atoms with Crippen LogP contribution in [0.2, 0.25) is 5.02 Å². The van der Waals surface area contributed by atoms with Gasteiger partial charge in [0.25, 0.3) is 0 Å². The summed E-state index contributed by atoms with van der Waals surface area (Å²) in [5.41, 5.74) is 3.16. The van der Waals surface area contributed by atoms with Crippen LogP contribution < -0.4 is 15.5 Å². The number of ether oxygens (including phenoxy) is 1. The predicted octanol–water partition coefficient (Wildman–Crippen LogP) is 4.77. The molecular weight excluding hydrogens is 416 g/mol. The van der Waals surface area contributed by atoms with E-state index in [9.17, 15) is 13.6 Å². The number of hydrogen-bond acceptors (Lipinski definition) is 6. The van der Waals surface area contributed by atoms with Crippen molar-refractivity contribution in [2.75, 3.05) is 10.7 Å². The summed E-state index contributed by atoms with van der Waals surface area (Å²) >= 11 is 6.06. The summed E-state index contributed by atoms with van der Waals surface area (Å²) in [6.45, 7) is 3.38. The van der Waals surface area contributed by atoms with Gasteiger partial charge in [-0.3, -0.25) is 4.79 Å². The van der Waals surface area contributed by atoms with Crippen LogP contribution in [0.4, 0.5) is 20.4 Å². The van der Waals surface area contributed by atoms with Crippen molar-refractivity contribution < 1.29 is 18.3 Å². The predicted molar refractivity (Wildman–Crippen MR) is 110 cm³/mol. The highest BCUT2D eigenvalue weighted by Crippen LogP contribution is 2.28. The molecule has 0 aliphatic carbocycles. The van der Waals surface area contributed by atoms with Gasteiger partial charge in [-0.05, 0) is 42.5 Å². The van der Waals surface area contributed by atoms with Gasteiger partial charge in [-0.25, -0.2) is 19.2 Å². The van der Waals surface area contributed by atoms with Crippen LogP contribution in [0.1, 0.15) is 5.56 Å². The summed E-state index contributed by atoms with van der Waals surface area (Å²) in [5, 5.41) is 6.58. The number of amides is 1. The average molecular weight is 430 g/mol. The fourth-order valence-corrected chi connectivity index (χ4v) is 2.28. The van der Waals surface area contributed by atoms with E-state index in [0.29, 0.717) is 11.4 Å². The Bertz CT molecular complexity index is 1110. The normalized spacial score (nSPS) is 10.6. The van der Waals surface area contributed by atoms with E-state index in [0.717, 1.165) is 24.4 Å². The van der Waals surface area contributed by atoms with Crippen LogP contribution >= 0.6 is 11.6 Å². The van der Waals surface area contributed by atoms with Crippen molar-refractivity contribution in [3.8, 4) is 11.6 Å². The zero-order valence-electron chi connectivity index (χ0n) is 15.3. The van der Waals surface area contributed by atoms with Gasteiger partial charge < -0.3 is 10.1 Å². The van der Waals surface area contributed by atoms with Gasteiger partial charge in [0.15, 0.2) is 0 Å². The molecule has 7 nitrogen and oxygen atoms in total. The molecule has 0 aliphatic heterocycles. The Labute approximate surface area is 175 Å². The number of carbonyl (C=O) groups excluding carboxylic acids is 1. The lowest BCUT2D eigenvalue weighted by molar-refractivity contribution is -0.111. The van der Waals surface area contributed by atoms with Gasteiger partial charge in [0, 0.05) is 17.3 Å². The quantitative estimate of drug-likeness (QED) is 0.321. The van der Waals surface area contributed by atoms with E-state index < -0.39 is 11.6 Å². The first-order valence-electron chi connectivity index (χ1n) is 8.42. The molecule has 1 aromatic heterocycles. The highest BCUT2D eigenvalue weighted by molar-refractivity contribution is 6.31. The molecule has 3 rings (SSSR count). The van der Waals surface area contributed by atoms with Gasteiger partial charge in [0.05, 0.1) is 12.4 Å². The molecule has 3 aromatic rings. The van der Waals surface area contributed by atoms with E-state index in [4.69, 9.17) is 16.3 Å². The molecule has 0 spiro atoms. The average Bonchev–Trinajstić information content (AvgIpc) is 2.73. The molecule has 0 bridgehead atoms. The van der Waals surface area contributed by atoms with Crippen molar-refractivity contribution in [3.63, 3.8) is 0 Å². The van der Waals surface area contributed by atoms with Gasteiger partial charge in [-0.15, -0.1) is 0 Å². The summed E-state index contributed by atoms with van der Waals surface area (Å²) in [6, 6.07) is 9.59. The van der Waals surface area contributed by atoms with E-state index in [1.54, 1.807) is 24.3 Å². The lowest BCUT2D eigenvalue weighted by Crippen LogP contribution is -2.06. The molecule has 1 heterocycles. The Morgan fingerprint density at radius 2 is 1.97 bits per heavy atom. The molecule has 0 aliphatic rings. The fraction of sp³-hybridized carbons (Fsp3) is 0. The maximum Gasteiger partial charge on any atom is 0.247 e. The van der Waals surface area contributed by atoms with E-state index in [1.165, 1.54) is 12.3 Å². The molecule has 0 fully saturated rings. The van der Waals surface area contributed by atoms with Gasteiger partial charge in [-0.1, -0.05) is 18.2 Å². The number of benzene rings is 2. The van der Waals surface area contributed by atoms with E-state index in [2.05, 4.69) is 32.4 Å². The molecule has 0 radical (unpaired) electrons. The Hall–Kier alpha value is -3.85. The SMILES string of the molecule is C=CC(=O)Nc1ccc(Oc2nc(N/N=C/c3ccc(F)cc3F)ncc2Cl)cc1. The van der Waals surface area contributed by atoms with Gasteiger partial charge in [0.2, 0.25) is 17.7 Å². The molecule has 0 saturated carbocycles. The first-order chi connectivity index (χ1) is 14.4. The monoisotopic (exact) mass is 429 g/mol. The van der Waals surface area contributed by atoms with Gasteiger partial charge >= 0.3 is 0 Å². The minimum absolute atomic E-state index is 0.0445. The highest BCUT2D eigenvalue weighted by Gasteiger charge is 2.09. The maximum atomic E-state index is 13.6. The number of anilines is 2. The Balaban J connectivity index is 1.68. The van der Waals surface area contributed by atoms with Crippen LogP contribution in [0, 0.1) is 11.6 Å². The van der Waals surface area contributed by atoms with Crippen LogP contribution in [0.25, 0.3) is 0 Å². The molecule has 0 saturated heterocycles. The summed E-state index contributed by atoms with van der Waals surface area (Å²) in [6.07, 6.45) is 3.62. The van der Waals surface area contributed by atoms with E-state index >= 15 is 0 Å². The first kappa shape index (κ1) is 20.9. The third-order valence-electron chi connectivity index (χ3n) is 3.56. The zero-order valence-corrected chi connectivity index (χ0v) is 16.0. The highest BCUT2D eigenvalue weighted by atomic mass is 35.5. The largest absolute Gasteiger partial charge is 0.437 e. The minimum Gasteiger partial charge on any atom is -0.437 e. The second kappa shape index (κ2) is 9.57. The van der Waals surface area contributed by atoms with Crippen LogP contribution in [-0.4, -0.2) is 22.1 Å². The molecule has 1 amide bonds. The number of halogens is 3. The molecule has 30 heavy (non-hydrogen) atoms. The smallest absolute Gasteiger partial charge is 0.247 e. The lowest BCUT2D eigenvalue weighted by atomic mass is 10.2. The third-order valence-corrected chi connectivity index (χ3v) is 3.82. The second-order valence-corrected chi connectivity index (χ2v) is 6.11. The maximum absolute atomic E-state index is 13.6. The van der Waals surface area contributed by atoms with Crippen molar-refractivity contribution in [2.24, 2.45) is 5.10 Å². The lowest BCUT2D eigenvalue weighted by Gasteiger charge is -2.08. The van der Waals surface area contributed by atoms with Gasteiger partial charge in [0.1, 0.15) is 22.4 Å². The number of carbonyl (C=O) groups is 1. The summed E-state index contributed by atoms with van der Waals surface area (Å²) < 4.78 is 32.1. The summed E-state index contributed by atoms with van der Waals surface area (Å²) in [7, 11) is 0. The van der Waals surface area contributed by atoms with Crippen molar-refractivity contribution in [1.29, 1.82) is 0 Å². The minimum atomic E-state index is -0.755. The summed E-state index contributed by atoms with van der Waals surface area (Å²) in [5.74, 6) is -1.26. The Morgan fingerprint density at radius 1 is 1.20 bits per heavy atom. The number of hydrazone groups is 1. The van der Waals surface area contributed by atoms with Gasteiger partial charge in [-0.2, -0.15) is 10.1 Å². The topological polar surface area (TPSA) is 88.5 Å². The van der Waals surface area contributed by atoms with Crippen molar-refractivity contribution in [1.82, 2.24) is 9.97 Å². The van der Waals surface area contributed by atoms with Crippen LogP contribution in [0.15, 0.2) is 66.4 Å². The van der Waals surface area contributed by atoms with Crippen molar-refractivity contribution in [3.05, 3.63) is 83.5 Å². The molecule has 0 unspecified atom stereocenters. The second-order valence-electron chi connectivity index (χ2n) is 5.70. The van der Waals surface area contributed by atoms with Crippen LogP contribution in [-0.2, 0) is 4.79 Å². The van der Waals surface area contributed by atoms with Crippen LogP contribution in [0.3, 0.4) is 0 Å². The number of nitrogens with zero attached hydrogens (tertiary/aromatic N) is 3. The fourth-order valence-electron chi connectivity index (χ4n) is 2.15. The number of rotatable bonds is 7.